The van der Waals surface area contributed by atoms with Crippen molar-refractivity contribution in [2.75, 3.05) is 25.4 Å². The van der Waals surface area contributed by atoms with E-state index in [1.54, 1.807) is 0 Å². The van der Waals surface area contributed by atoms with Crippen LogP contribution in [-0.4, -0.2) is 29.1 Å². The number of aromatic nitrogens is 1. The topological polar surface area (TPSA) is 34.2 Å². The lowest BCUT2D eigenvalue weighted by molar-refractivity contribution is 0.190. The number of halogens is 1. The molecule has 4 heteroatoms. The maximum absolute atomic E-state index is 5.98. The fraction of sp³-hybridized carbons (Fsp3) is 0.333. The van der Waals surface area contributed by atoms with Gasteiger partial charge in [0.15, 0.2) is 0 Å². The minimum absolute atomic E-state index is 0.586. The highest BCUT2D eigenvalue weighted by Crippen LogP contribution is 2.29. The summed E-state index contributed by atoms with van der Waals surface area (Å²) in [5.41, 5.74) is 9.52. The van der Waals surface area contributed by atoms with Gasteiger partial charge in [-0.1, -0.05) is 34.1 Å². The Bertz CT molecular complexity index is 845. The lowest BCUT2D eigenvalue weighted by Gasteiger charge is -2.33. The van der Waals surface area contributed by atoms with Crippen LogP contribution in [0.3, 0.4) is 0 Å². The maximum atomic E-state index is 5.98. The molecule has 4 rings (SSSR count). The molecule has 2 heterocycles. The Morgan fingerprint density at radius 2 is 1.76 bits per heavy atom. The van der Waals surface area contributed by atoms with E-state index in [1.165, 1.54) is 42.4 Å². The second-order valence-electron chi connectivity index (χ2n) is 6.99. The van der Waals surface area contributed by atoms with Crippen LogP contribution in [0.5, 0.6) is 0 Å². The van der Waals surface area contributed by atoms with Crippen LogP contribution in [0.2, 0.25) is 0 Å². The van der Waals surface area contributed by atoms with E-state index < -0.39 is 0 Å². The summed E-state index contributed by atoms with van der Waals surface area (Å²) in [6.07, 6.45) is 5.77. The molecule has 2 N–H and O–H groups in total. The molecule has 2 aromatic carbocycles. The lowest BCUT2D eigenvalue weighted by atomic mass is 10.0. The first-order valence-electron chi connectivity index (χ1n) is 9.02. The van der Waals surface area contributed by atoms with Crippen molar-refractivity contribution >= 4 is 32.5 Å². The van der Waals surface area contributed by atoms with Gasteiger partial charge < -0.3 is 15.2 Å². The van der Waals surface area contributed by atoms with Crippen molar-refractivity contribution in [2.45, 2.75) is 25.3 Å². The number of fused-ring (bicyclic) bond motifs is 1. The van der Waals surface area contributed by atoms with E-state index in [0.29, 0.717) is 6.04 Å². The Hall–Kier alpha value is -1.78. The number of piperidine rings is 1. The van der Waals surface area contributed by atoms with Crippen LogP contribution in [0.25, 0.3) is 10.9 Å². The van der Waals surface area contributed by atoms with Crippen molar-refractivity contribution in [1.29, 1.82) is 0 Å². The normalized spacial score (nSPS) is 16.5. The Morgan fingerprint density at radius 3 is 2.52 bits per heavy atom. The quantitative estimate of drug-likeness (QED) is 0.637. The molecule has 0 atom stereocenters. The predicted molar refractivity (Wildman–Crippen MR) is 109 cm³/mol. The standard InChI is InChI=1S/C21H24BrN3/c22-18-4-1-16(2-5-18)7-11-24-12-9-20(10-13-24)25-14-8-17-3-6-19(23)15-21(17)25/h1-6,8,14-15,20H,7,9-13,23H2. The van der Waals surface area contributed by atoms with E-state index in [0.717, 1.165) is 23.1 Å². The first kappa shape index (κ1) is 16.7. The molecule has 130 valence electrons. The monoisotopic (exact) mass is 397 g/mol. The molecular weight excluding hydrogens is 374 g/mol. The summed E-state index contributed by atoms with van der Waals surface area (Å²) in [5.74, 6) is 0. The zero-order chi connectivity index (χ0) is 17.2. The first-order valence-corrected chi connectivity index (χ1v) is 9.81. The Kier molecular flexibility index (Phi) is 4.82. The van der Waals surface area contributed by atoms with E-state index in [-0.39, 0.29) is 0 Å². The number of nitrogens with two attached hydrogens (primary N) is 1. The number of benzene rings is 2. The summed E-state index contributed by atoms with van der Waals surface area (Å²) < 4.78 is 3.58. The molecule has 0 aliphatic carbocycles. The van der Waals surface area contributed by atoms with Gasteiger partial charge in [-0.25, -0.2) is 0 Å². The number of rotatable bonds is 4. The van der Waals surface area contributed by atoms with E-state index in [1.807, 2.05) is 6.07 Å². The number of nitrogens with zero attached hydrogens (tertiary/aromatic N) is 2. The minimum Gasteiger partial charge on any atom is -0.399 e. The molecule has 25 heavy (non-hydrogen) atoms. The van der Waals surface area contributed by atoms with Gasteiger partial charge in [0.2, 0.25) is 0 Å². The van der Waals surface area contributed by atoms with Crippen LogP contribution >= 0.6 is 15.9 Å². The molecule has 0 unspecified atom stereocenters. The third-order valence-corrected chi connectivity index (χ3v) is 5.86. The molecule has 1 aromatic heterocycles. The van der Waals surface area contributed by atoms with E-state index >= 15 is 0 Å². The van der Waals surface area contributed by atoms with Crippen LogP contribution in [0.15, 0.2) is 59.2 Å². The summed E-state index contributed by atoms with van der Waals surface area (Å²) in [6.45, 7) is 3.49. The molecule has 1 aliphatic heterocycles. The van der Waals surface area contributed by atoms with Crippen molar-refractivity contribution in [2.24, 2.45) is 0 Å². The van der Waals surface area contributed by atoms with Crippen molar-refractivity contribution in [1.82, 2.24) is 9.47 Å². The number of likely N-dealkylation sites (tertiary alicyclic amines) is 1. The van der Waals surface area contributed by atoms with E-state index in [2.05, 4.69) is 74.1 Å². The van der Waals surface area contributed by atoms with Gasteiger partial charge in [0.1, 0.15) is 0 Å². The first-order chi connectivity index (χ1) is 12.2. The van der Waals surface area contributed by atoms with Crippen LogP contribution in [0, 0.1) is 0 Å². The fourth-order valence-corrected chi connectivity index (χ4v) is 4.11. The van der Waals surface area contributed by atoms with Crippen LogP contribution < -0.4 is 5.73 Å². The highest BCUT2D eigenvalue weighted by atomic mass is 79.9. The zero-order valence-corrected chi connectivity index (χ0v) is 16.0. The summed E-state index contributed by atoms with van der Waals surface area (Å²) in [6, 6.07) is 17.7. The van der Waals surface area contributed by atoms with Crippen molar-refractivity contribution < 1.29 is 0 Å². The van der Waals surface area contributed by atoms with Gasteiger partial charge in [0, 0.05) is 42.0 Å². The van der Waals surface area contributed by atoms with Gasteiger partial charge in [0.05, 0.1) is 5.52 Å². The summed E-state index contributed by atoms with van der Waals surface area (Å²) in [4.78, 5) is 2.60. The molecule has 1 fully saturated rings. The highest BCUT2D eigenvalue weighted by molar-refractivity contribution is 9.10. The van der Waals surface area contributed by atoms with Crippen LogP contribution in [-0.2, 0) is 6.42 Å². The number of hydrogen-bond donors (Lipinski definition) is 1. The van der Waals surface area contributed by atoms with Gasteiger partial charge in [0.25, 0.3) is 0 Å². The minimum atomic E-state index is 0.586. The molecule has 1 saturated heterocycles. The third-order valence-electron chi connectivity index (χ3n) is 5.33. The molecule has 3 nitrogen and oxygen atoms in total. The fourth-order valence-electron chi connectivity index (χ4n) is 3.84. The van der Waals surface area contributed by atoms with Crippen LogP contribution in [0.1, 0.15) is 24.4 Å². The van der Waals surface area contributed by atoms with E-state index in [9.17, 15) is 0 Å². The SMILES string of the molecule is Nc1ccc2ccn(C3CCN(CCc4ccc(Br)cc4)CC3)c2c1. The van der Waals surface area contributed by atoms with Gasteiger partial charge in [-0.3, -0.25) is 0 Å². The van der Waals surface area contributed by atoms with Crippen molar-refractivity contribution in [3.05, 3.63) is 64.8 Å². The average Bonchev–Trinajstić information content (AvgIpc) is 3.05. The summed E-state index contributed by atoms with van der Waals surface area (Å²) in [7, 11) is 0. The van der Waals surface area contributed by atoms with Gasteiger partial charge >= 0.3 is 0 Å². The smallest absolute Gasteiger partial charge is 0.0503 e. The third kappa shape index (κ3) is 3.75. The lowest BCUT2D eigenvalue weighted by Crippen LogP contribution is -2.35. The van der Waals surface area contributed by atoms with Crippen LogP contribution in [0.4, 0.5) is 5.69 Å². The van der Waals surface area contributed by atoms with Gasteiger partial charge in [-0.2, -0.15) is 0 Å². The van der Waals surface area contributed by atoms with E-state index in [4.69, 9.17) is 5.73 Å². The predicted octanol–water partition coefficient (Wildman–Crippen LogP) is 4.87. The molecular formula is C21H24BrN3. The zero-order valence-electron chi connectivity index (χ0n) is 14.4. The molecule has 0 saturated carbocycles. The van der Waals surface area contributed by atoms with Gasteiger partial charge in [-0.05, 0) is 60.5 Å². The Morgan fingerprint density at radius 1 is 1.00 bits per heavy atom. The number of anilines is 1. The van der Waals surface area contributed by atoms with Crippen molar-refractivity contribution in [3.8, 4) is 0 Å². The summed E-state index contributed by atoms with van der Waals surface area (Å²) >= 11 is 3.50. The van der Waals surface area contributed by atoms with Gasteiger partial charge in [-0.15, -0.1) is 0 Å². The highest BCUT2D eigenvalue weighted by Gasteiger charge is 2.21. The molecule has 1 aliphatic rings. The van der Waals surface area contributed by atoms with Crippen molar-refractivity contribution in [3.63, 3.8) is 0 Å². The number of nitrogen functional groups attached to an aromatic ring is 1. The maximum Gasteiger partial charge on any atom is 0.0503 e. The largest absolute Gasteiger partial charge is 0.399 e. The molecule has 0 radical (unpaired) electrons. The Balaban J connectivity index is 1.36. The average molecular weight is 398 g/mol. The molecule has 0 amide bonds. The Labute approximate surface area is 157 Å². The molecule has 0 spiro atoms. The summed E-state index contributed by atoms with van der Waals surface area (Å²) in [5, 5.41) is 1.28. The molecule has 3 aromatic rings. The second kappa shape index (κ2) is 7.22. The molecule has 0 bridgehead atoms. The number of hydrogen-bond acceptors (Lipinski definition) is 2. The second-order valence-corrected chi connectivity index (χ2v) is 7.91.